The van der Waals surface area contributed by atoms with Crippen LogP contribution in [-0.4, -0.2) is 38.2 Å². The highest BCUT2D eigenvalue weighted by molar-refractivity contribution is 7.07. The Kier molecular flexibility index (Phi) is 7.07. The molecule has 0 fully saturated rings. The van der Waals surface area contributed by atoms with E-state index < -0.39 is 12.0 Å². The number of benzene rings is 3. The van der Waals surface area contributed by atoms with Gasteiger partial charge < -0.3 is 23.7 Å². The first kappa shape index (κ1) is 26.4. The molecule has 1 atom stereocenters. The molecular weight excluding hydrogens is 544 g/mol. The van der Waals surface area contributed by atoms with Crippen LogP contribution in [0, 0.1) is 0 Å². The summed E-state index contributed by atoms with van der Waals surface area (Å²) in [5, 5.41) is 0. The summed E-state index contributed by atoms with van der Waals surface area (Å²) in [6.07, 6.45) is 1.75. The topological polar surface area (TPSA) is 97.6 Å². The molecule has 3 aromatic carbocycles. The van der Waals surface area contributed by atoms with Gasteiger partial charge in [-0.3, -0.25) is 9.36 Å². The predicted molar refractivity (Wildman–Crippen MR) is 153 cm³/mol. The van der Waals surface area contributed by atoms with Crippen molar-refractivity contribution in [1.82, 2.24) is 4.57 Å². The molecule has 208 valence electrons. The summed E-state index contributed by atoms with van der Waals surface area (Å²) in [6.45, 7) is 2.01. The highest BCUT2D eigenvalue weighted by Crippen LogP contribution is 2.40. The summed E-state index contributed by atoms with van der Waals surface area (Å²) < 4.78 is 29.6. The molecule has 0 unspecified atom stereocenters. The molecule has 9 nitrogen and oxygen atoms in total. The van der Waals surface area contributed by atoms with Crippen LogP contribution in [0.4, 0.5) is 0 Å². The Hall–Kier alpha value is -4.83. The van der Waals surface area contributed by atoms with E-state index in [0.717, 1.165) is 5.56 Å². The minimum atomic E-state index is -0.829. The molecule has 0 N–H and O–H groups in total. The van der Waals surface area contributed by atoms with Gasteiger partial charge in [-0.25, -0.2) is 9.79 Å². The minimum Gasteiger partial charge on any atom is -0.497 e. The molecule has 6 rings (SSSR count). The maximum atomic E-state index is 14.1. The van der Waals surface area contributed by atoms with E-state index in [1.807, 2.05) is 36.4 Å². The van der Waals surface area contributed by atoms with Gasteiger partial charge in [0.05, 0.1) is 42.7 Å². The molecule has 0 saturated heterocycles. The number of aromatic nitrogens is 1. The zero-order valence-corrected chi connectivity index (χ0v) is 23.4. The van der Waals surface area contributed by atoms with Gasteiger partial charge >= 0.3 is 5.97 Å². The molecule has 0 spiro atoms. The highest BCUT2D eigenvalue weighted by atomic mass is 32.1. The number of carbonyl (C=O) groups is 1. The van der Waals surface area contributed by atoms with Gasteiger partial charge in [-0.1, -0.05) is 47.7 Å². The summed E-state index contributed by atoms with van der Waals surface area (Å²) in [4.78, 5) is 33.1. The fraction of sp³-hybridized carbons (Fsp3) is 0.194. The minimum absolute atomic E-state index is 0.0970. The zero-order chi connectivity index (χ0) is 28.5. The molecule has 41 heavy (non-hydrogen) atoms. The molecule has 10 heteroatoms. The van der Waals surface area contributed by atoms with Crippen molar-refractivity contribution in [2.24, 2.45) is 4.99 Å². The number of fused-ring (bicyclic) bond motifs is 2. The van der Waals surface area contributed by atoms with Crippen molar-refractivity contribution in [2.75, 3.05) is 27.6 Å². The number of carbonyl (C=O) groups excluding carboxylic acids is 1. The van der Waals surface area contributed by atoms with Gasteiger partial charge in [0.15, 0.2) is 16.3 Å². The Morgan fingerprint density at radius 1 is 1.05 bits per heavy atom. The molecule has 0 amide bonds. The van der Waals surface area contributed by atoms with Crippen LogP contribution in [0.1, 0.15) is 29.7 Å². The monoisotopic (exact) mass is 570 g/mol. The molecule has 4 aromatic rings. The Balaban J connectivity index is 1.65. The van der Waals surface area contributed by atoms with Crippen molar-refractivity contribution in [2.45, 2.75) is 13.0 Å². The third-order valence-corrected chi connectivity index (χ3v) is 7.79. The molecule has 1 aromatic heterocycles. The van der Waals surface area contributed by atoms with Crippen LogP contribution in [0.5, 0.6) is 23.0 Å². The Labute approximate surface area is 239 Å². The van der Waals surface area contributed by atoms with E-state index in [1.54, 1.807) is 62.1 Å². The van der Waals surface area contributed by atoms with Gasteiger partial charge in [-0.2, -0.15) is 0 Å². The van der Waals surface area contributed by atoms with Crippen molar-refractivity contribution in [3.05, 3.63) is 109 Å². The van der Waals surface area contributed by atoms with Gasteiger partial charge in [0.1, 0.15) is 11.5 Å². The van der Waals surface area contributed by atoms with Crippen LogP contribution in [-0.2, 0) is 9.53 Å². The number of rotatable bonds is 7. The van der Waals surface area contributed by atoms with Gasteiger partial charge in [-0.15, -0.1) is 0 Å². The first-order valence-corrected chi connectivity index (χ1v) is 13.7. The second kappa shape index (κ2) is 11.0. The fourth-order valence-electron chi connectivity index (χ4n) is 4.93. The lowest BCUT2D eigenvalue weighted by Crippen LogP contribution is -2.40. The van der Waals surface area contributed by atoms with Gasteiger partial charge in [0.2, 0.25) is 6.79 Å². The van der Waals surface area contributed by atoms with Crippen molar-refractivity contribution < 1.29 is 28.5 Å². The molecule has 3 heterocycles. The number of methoxy groups -OCH3 is 2. The highest BCUT2D eigenvalue weighted by Gasteiger charge is 2.36. The molecule has 0 aliphatic carbocycles. The summed E-state index contributed by atoms with van der Waals surface area (Å²) in [5.41, 5.74) is 2.45. The molecule has 0 saturated carbocycles. The van der Waals surface area contributed by atoms with Crippen LogP contribution in [0.15, 0.2) is 82.1 Å². The van der Waals surface area contributed by atoms with Crippen LogP contribution >= 0.6 is 11.3 Å². The lowest BCUT2D eigenvalue weighted by Gasteiger charge is -2.26. The molecule has 0 bridgehead atoms. The quantitative estimate of drug-likeness (QED) is 0.313. The van der Waals surface area contributed by atoms with Crippen LogP contribution < -0.4 is 33.8 Å². The molecule has 0 radical (unpaired) electrons. The van der Waals surface area contributed by atoms with Crippen molar-refractivity contribution in [3.63, 3.8) is 0 Å². The fourth-order valence-corrected chi connectivity index (χ4v) is 5.92. The average Bonchev–Trinajstić information content (AvgIpc) is 3.60. The average molecular weight is 571 g/mol. The smallest absolute Gasteiger partial charge is 0.338 e. The van der Waals surface area contributed by atoms with Crippen LogP contribution in [0.3, 0.4) is 0 Å². The van der Waals surface area contributed by atoms with Gasteiger partial charge in [0.25, 0.3) is 5.56 Å². The van der Waals surface area contributed by atoms with Crippen molar-refractivity contribution >= 4 is 29.1 Å². The van der Waals surface area contributed by atoms with Gasteiger partial charge in [-0.05, 0) is 48.9 Å². The van der Waals surface area contributed by atoms with Crippen LogP contribution in [0.2, 0.25) is 0 Å². The number of ether oxygens (including phenoxy) is 5. The normalized spacial score (nSPS) is 15.8. The number of hydrogen-bond donors (Lipinski definition) is 0. The number of thiazole rings is 1. The molecule has 2 aliphatic rings. The van der Waals surface area contributed by atoms with E-state index in [-0.39, 0.29) is 24.5 Å². The Morgan fingerprint density at radius 2 is 1.85 bits per heavy atom. The van der Waals surface area contributed by atoms with E-state index in [2.05, 4.69) is 0 Å². The number of hydrogen-bond acceptors (Lipinski definition) is 9. The Bertz CT molecular complexity index is 1860. The van der Waals surface area contributed by atoms with E-state index in [4.69, 9.17) is 28.7 Å². The summed E-state index contributed by atoms with van der Waals surface area (Å²) >= 11 is 1.23. The van der Waals surface area contributed by atoms with Crippen molar-refractivity contribution in [1.29, 1.82) is 0 Å². The predicted octanol–water partition coefficient (Wildman–Crippen LogP) is 3.68. The standard InChI is InChI=1S/C31H26N2O7S/c1-4-38-30(35)26-27(18-8-6-5-7-9-18)32-31-33(28(26)19-10-12-23-24(15-19)40-17-39-23)29(34)25(41-31)16-20-14-21(36-2)11-13-22(20)37-3/h5-16,28H,4,17H2,1-3H3/t28-/m0/s1. The lowest BCUT2D eigenvalue weighted by atomic mass is 9.93. The lowest BCUT2D eigenvalue weighted by molar-refractivity contribution is -0.138. The van der Waals surface area contributed by atoms with Gasteiger partial charge in [0, 0.05) is 11.1 Å². The summed E-state index contributed by atoms with van der Waals surface area (Å²) in [6, 6.07) is 19.3. The summed E-state index contributed by atoms with van der Waals surface area (Å²) in [7, 11) is 3.14. The maximum absolute atomic E-state index is 14.1. The van der Waals surface area contributed by atoms with E-state index in [0.29, 0.717) is 49.2 Å². The Morgan fingerprint density at radius 3 is 2.61 bits per heavy atom. The second-order valence-electron chi connectivity index (χ2n) is 9.15. The number of esters is 1. The number of nitrogens with zero attached hydrogens (tertiary/aromatic N) is 2. The zero-order valence-electron chi connectivity index (χ0n) is 22.6. The third-order valence-electron chi connectivity index (χ3n) is 6.81. The van der Waals surface area contributed by atoms with E-state index in [9.17, 15) is 9.59 Å². The molecular formula is C31H26N2O7S. The second-order valence-corrected chi connectivity index (χ2v) is 10.2. The summed E-state index contributed by atoms with van der Waals surface area (Å²) in [5.74, 6) is 1.78. The van der Waals surface area contributed by atoms with Crippen LogP contribution in [0.25, 0.3) is 11.8 Å². The van der Waals surface area contributed by atoms with Crippen molar-refractivity contribution in [3.8, 4) is 23.0 Å². The van der Waals surface area contributed by atoms with E-state index in [1.165, 1.54) is 11.3 Å². The third kappa shape index (κ3) is 4.76. The first-order valence-electron chi connectivity index (χ1n) is 12.9. The largest absolute Gasteiger partial charge is 0.497 e. The molecule has 2 aliphatic heterocycles. The van der Waals surface area contributed by atoms with E-state index >= 15 is 0 Å². The SMILES string of the molecule is CCOC(=O)C1=C(c2ccccc2)N=c2sc(=Cc3cc(OC)ccc3OC)c(=O)n2[C@H]1c1ccc2c(c1)OCO2. The maximum Gasteiger partial charge on any atom is 0.338 e. The first-order chi connectivity index (χ1) is 20.0.